The number of amides is 2. The van der Waals surface area contributed by atoms with Crippen LogP contribution in [0.3, 0.4) is 0 Å². The van der Waals surface area contributed by atoms with Crippen LogP contribution in [0.4, 0.5) is 5.69 Å². The SMILES string of the molecule is COc1ccc(N(CC(=O)N(Cc2ccc(C)cc2)C(C)C(=O)NC2CCCCC2)S(C)(=O)=O)cc1. The van der Waals surface area contributed by atoms with Crippen LogP contribution in [0.1, 0.15) is 50.2 Å². The third-order valence-electron chi connectivity index (χ3n) is 6.63. The average Bonchev–Trinajstić information content (AvgIpc) is 2.86. The van der Waals surface area contributed by atoms with Crippen molar-refractivity contribution < 1.29 is 22.7 Å². The highest BCUT2D eigenvalue weighted by Crippen LogP contribution is 2.23. The van der Waals surface area contributed by atoms with E-state index in [1.807, 2.05) is 31.2 Å². The summed E-state index contributed by atoms with van der Waals surface area (Å²) in [5.74, 6) is -0.103. The van der Waals surface area contributed by atoms with Gasteiger partial charge in [0.2, 0.25) is 21.8 Å². The average molecular weight is 516 g/mol. The number of hydrogen-bond acceptors (Lipinski definition) is 5. The molecule has 1 aliphatic rings. The Bertz CT molecular complexity index is 1130. The zero-order valence-electron chi connectivity index (χ0n) is 21.6. The van der Waals surface area contributed by atoms with E-state index < -0.39 is 28.5 Å². The fraction of sp³-hybridized carbons (Fsp3) is 0.481. The smallest absolute Gasteiger partial charge is 0.244 e. The molecule has 2 aromatic carbocycles. The van der Waals surface area contributed by atoms with Crippen molar-refractivity contribution in [2.45, 2.75) is 64.6 Å². The third kappa shape index (κ3) is 7.46. The molecule has 2 aromatic rings. The number of sulfonamides is 1. The standard InChI is InChI=1S/C27H37N3O5S/c1-20-10-12-22(13-11-20)18-29(21(2)27(32)28-23-8-6-5-7-9-23)26(31)19-30(36(4,33)34)24-14-16-25(35-3)17-15-24/h10-17,21,23H,5-9,18-19H2,1-4H3,(H,28,32). The molecule has 36 heavy (non-hydrogen) atoms. The number of ether oxygens (including phenoxy) is 1. The van der Waals surface area contributed by atoms with Gasteiger partial charge in [0.05, 0.1) is 19.1 Å². The minimum Gasteiger partial charge on any atom is -0.497 e. The summed E-state index contributed by atoms with van der Waals surface area (Å²) >= 11 is 0. The first-order valence-electron chi connectivity index (χ1n) is 12.4. The molecule has 1 saturated carbocycles. The number of nitrogens with zero attached hydrogens (tertiary/aromatic N) is 2. The van der Waals surface area contributed by atoms with Gasteiger partial charge in [-0.1, -0.05) is 49.1 Å². The number of hydrogen-bond donors (Lipinski definition) is 1. The molecule has 0 radical (unpaired) electrons. The van der Waals surface area contributed by atoms with E-state index in [0.29, 0.717) is 11.4 Å². The summed E-state index contributed by atoms with van der Waals surface area (Å²) in [5, 5.41) is 3.10. The summed E-state index contributed by atoms with van der Waals surface area (Å²) in [6.07, 6.45) is 6.26. The van der Waals surface area contributed by atoms with Crippen LogP contribution in [0.15, 0.2) is 48.5 Å². The summed E-state index contributed by atoms with van der Waals surface area (Å²) in [6.45, 7) is 3.45. The molecule has 0 spiro atoms. The summed E-state index contributed by atoms with van der Waals surface area (Å²) in [7, 11) is -2.25. The Balaban J connectivity index is 1.85. The van der Waals surface area contributed by atoms with E-state index in [1.54, 1.807) is 31.2 Å². The fourth-order valence-corrected chi connectivity index (χ4v) is 5.25. The van der Waals surface area contributed by atoms with Crippen LogP contribution in [0.2, 0.25) is 0 Å². The van der Waals surface area contributed by atoms with E-state index >= 15 is 0 Å². The topological polar surface area (TPSA) is 96.0 Å². The van der Waals surface area contributed by atoms with Gasteiger partial charge in [0.1, 0.15) is 18.3 Å². The van der Waals surface area contributed by atoms with Crippen molar-refractivity contribution >= 4 is 27.5 Å². The Morgan fingerprint density at radius 3 is 2.19 bits per heavy atom. The molecular weight excluding hydrogens is 478 g/mol. The van der Waals surface area contributed by atoms with Crippen LogP contribution in [-0.2, 0) is 26.2 Å². The van der Waals surface area contributed by atoms with Gasteiger partial charge in [-0.15, -0.1) is 0 Å². The highest BCUT2D eigenvalue weighted by Gasteiger charge is 2.31. The predicted molar refractivity (Wildman–Crippen MR) is 141 cm³/mol. The number of rotatable bonds is 10. The van der Waals surface area contributed by atoms with Gasteiger partial charge < -0.3 is 15.0 Å². The minimum atomic E-state index is -3.77. The Hall–Kier alpha value is -3.07. The maximum atomic E-state index is 13.6. The second kappa shape index (κ2) is 12.3. The quantitative estimate of drug-likeness (QED) is 0.521. The van der Waals surface area contributed by atoms with Crippen LogP contribution < -0.4 is 14.4 Å². The molecule has 1 aliphatic carbocycles. The first-order chi connectivity index (χ1) is 17.1. The zero-order chi connectivity index (χ0) is 26.3. The summed E-state index contributed by atoms with van der Waals surface area (Å²) in [6, 6.07) is 13.5. The lowest BCUT2D eigenvalue weighted by atomic mass is 9.95. The summed E-state index contributed by atoms with van der Waals surface area (Å²) in [4.78, 5) is 28.3. The number of nitrogens with one attached hydrogen (secondary N) is 1. The lowest BCUT2D eigenvalue weighted by molar-refractivity contribution is -0.139. The Morgan fingerprint density at radius 1 is 1.03 bits per heavy atom. The Kier molecular flexibility index (Phi) is 9.37. The minimum absolute atomic E-state index is 0.108. The van der Waals surface area contributed by atoms with Gasteiger partial charge in [-0.05, 0) is 56.5 Å². The van der Waals surface area contributed by atoms with Gasteiger partial charge in [0.25, 0.3) is 0 Å². The number of benzene rings is 2. The van der Waals surface area contributed by atoms with E-state index in [4.69, 9.17) is 4.74 Å². The highest BCUT2D eigenvalue weighted by atomic mass is 32.2. The van der Waals surface area contributed by atoms with Crippen LogP contribution >= 0.6 is 0 Å². The number of carbonyl (C=O) groups is 2. The van der Waals surface area contributed by atoms with E-state index in [9.17, 15) is 18.0 Å². The molecule has 0 bridgehead atoms. The second-order valence-corrected chi connectivity index (χ2v) is 11.4. The molecule has 196 valence electrons. The van der Waals surface area contributed by atoms with Crippen molar-refractivity contribution in [3.05, 3.63) is 59.7 Å². The number of carbonyl (C=O) groups excluding carboxylic acids is 2. The molecule has 0 heterocycles. The van der Waals surface area contributed by atoms with E-state index in [2.05, 4.69) is 5.32 Å². The summed E-state index contributed by atoms with van der Waals surface area (Å²) < 4.78 is 31.5. The largest absolute Gasteiger partial charge is 0.497 e. The maximum absolute atomic E-state index is 13.6. The molecule has 1 unspecified atom stereocenters. The first-order valence-corrected chi connectivity index (χ1v) is 14.2. The molecule has 0 saturated heterocycles. The molecule has 9 heteroatoms. The van der Waals surface area contributed by atoms with Gasteiger partial charge >= 0.3 is 0 Å². The molecule has 1 atom stereocenters. The van der Waals surface area contributed by atoms with Crippen LogP contribution in [0, 0.1) is 6.92 Å². The maximum Gasteiger partial charge on any atom is 0.244 e. The van der Waals surface area contributed by atoms with E-state index in [-0.39, 0.29) is 18.5 Å². The Labute approximate surface area is 214 Å². The molecular formula is C27H37N3O5S. The van der Waals surface area contributed by atoms with Crippen molar-refractivity contribution in [2.75, 3.05) is 24.2 Å². The predicted octanol–water partition coefficient (Wildman–Crippen LogP) is 3.64. The zero-order valence-corrected chi connectivity index (χ0v) is 22.4. The molecule has 0 aliphatic heterocycles. The molecule has 1 N–H and O–H groups in total. The van der Waals surface area contributed by atoms with Gasteiger partial charge in [-0.3, -0.25) is 13.9 Å². The van der Waals surface area contributed by atoms with E-state index in [1.165, 1.54) is 18.4 Å². The van der Waals surface area contributed by atoms with Gasteiger partial charge in [0, 0.05) is 12.6 Å². The van der Waals surface area contributed by atoms with Crippen LogP contribution in [-0.4, -0.2) is 57.1 Å². The highest BCUT2D eigenvalue weighted by molar-refractivity contribution is 7.92. The van der Waals surface area contributed by atoms with Crippen molar-refractivity contribution in [2.24, 2.45) is 0 Å². The Morgan fingerprint density at radius 2 is 1.64 bits per heavy atom. The first kappa shape index (κ1) is 27.5. The molecule has 1 fully saturated rings. The number of anilines is 1. The number of aryl methyl sites for hydroxylation is 1. The summed E-state index contributed by atoms with van der Waals surface area (Å²) in [5.41, 5.74) is 2.30. The van der Waals surface area contributed by atoms with Gasteiger partial charge in [-0.2, -0.15) is 0 Å². The van der Waals surface area contributed by atoms with E-state index in [0.717, 1.165) is 47.4 Å². The van der Waals surface area contributed by atoms with Crippen molar-refractivity contribution in [3.8, 4) is 5.75 Å². The van der Waals surface area contributed by atoms with Crippen molar-refractivity contribution in [1.82, 2.24) is 10.2 Å². The lowest BCUT2D eigenvalue weighted by Gasteiger charge is -2.33. The lowest BCUT2D eigenvalue weighted by Crippen LogP contribution is -2.52. The molecule has 0 aromatic heterocycles. The second-order valence-electron chi connectivity index (χ2n) is 9.49. The molecule has 2 amide bonds. The molecule has 8 nitrogen and oxygen atoms in total. The van der Waals surface area contributed by atoms with Crippen molar-refractivity contribution in [1.29, 1.82) is 0 Å². The monoisotopic (exact) mass is 515 g/mol. The fourth-order valence-electron chi connectivity index (χ4n) is 4.40. The third-order valence-corrected chi connectivity index (χ3v) is 7.77. The molecule has 3 rings (SSSR count). The van der Waals surface area contributed by atoms with Crippen LogP contribution in [0.5, 0.6) is 5.75 Å². The van der Waals surface area contributed by atoms with Gasteiger partial charge in [0.15, 0.2) is 0 Å². The normalized spacial score (nSPS) is 15.1. The van der Waals surface area contributed by atoms with Crippen molar-refractivity contribution in [3.63, 3.8) is 0 Å². The van der Waals surface area contributed by atoms with Gasteiger partial charge in [-0.25, -0.2) is 8.42 Å². The number of methoxy groups -OCH3 is 1. The van der Waals surface area contributed by atoms with Crippen LogP contribution in [0.25, 0.3) is 0 Å².